The maximum atomic E-state index is 12.6. The SMILES string of the molecule is CN(CC(=O)O)Cc1cccc(CNC(=O)CCN2CCC(OC(=O)Nc3ccccc3-c3ccccc3)CC2)c1. The monoisotopic (exact) mass is 558 g/mol. The van der Waals surface area contributed by atoms with E-state index in [1.54, 1.807) is 11.9 Å². The lowest BCUT2D eigenvalue weighted by molar-refractivity contribution is -0.138. The lowest BCUT2D eigenvalue weighted by Crippen LogP contribution is -2.40. The topological polar surface area (TPSA) is 111 Å². The van der Waals surface area contributed by atoms with Crippen molar-refractivity contribution < 1.29 is 24.2 Å². The normalized spacial score (nSPS) is 14.0. The Bertz CT molecular complexity index is 1310. The highest BCUT2D eigenvalue weighted by atomic mass is 16.6. The summed E-state index contributed by atoms with van der Waals surface area (Å²) >= 11 is 0. The Labute approximate surface area is 241 Å². The van der Waals surface area contributed by atoms with E-state index in [0.29, 0.717) is 31.7 Å². The van der Waals surface area contributed by atoms with Crippen molar-refractivity contribution >= 4 is 23.7 Å². The maximum absolute atomic E-state index is 12.6. The standard InChI is InChI=1S/C32H38N4O5/c1-35(23-31(38)39)22-25-9-7-8-24(20-25)21-33-30(37)16-19-36-17-14-27(15-18-36)41-32(40)34-29-13-6-5-12-28(29)26-10-3-2-4-11-26/h2-13,20,27H,14-19,21-23H2,1H3,(H,33,37)(H,34,40)(H,38,39). The highest BCUT2D eigenvalue weighted by Crippen LogP contribution is 2.28. The number of rotatable bonds is 12. The number of anilines is 1. The molecule has 9 heteroatoms. The summed E-state index contributed by atoms with van der Waals surface area (Å²) < 4.78 is 5.71. The van der Waals surface area contributed by atoms with Crippen LogP contribution >= 0.6 is 0 Å². The second-order valence-corrected chi connectivity index (χ2v) is 10.4. The van der Waals surface area contributed by atoms with Crippen molar-refractivity contribution in [2.75, 3.05) is 38.5 Å². The van der Waals surface area contributed by atoms with E-state index in [1.807, 2.05) is 78.9 Å². The second-order valence-electron chi connectivity index (χ2n) is 10.4. The number of hydrogen-bond acceptors (Lipinski definition) is 6. The zero-order valence-corrected chi connectivity index (χ0v) is 23.4. The average Bonchev–Trinajstić information content (AvgIpc) is 2.96. The third-order valence-electron chi connectivity index (χ3n) is 7.05. The number of hydrogen-bond donors (Lipinski definition) is 3. The molecule has 216 valence electrons. The molecule has 1 heterocycles. The van der Waals surface area contributed by atoms with Crippen molar-refractivity contribution in [2.45, 2.75) is 38.5 Å². The third kappa shape index (κ3) is 9.73. The van der Waals surface area contributed by atoms with E-state index in [1.165, 1.54) is 0 Å². The van der Waals surface area contributed by atoms with Gasteiger partial charge in [-0.1, -0.05) is 72.8 Å². The lowest BCUT2D eigenvalue weighted by Gasteiger charge is -2.31. The van der Waals surface area contributed by atoms with Crippen molar-refractivity contribution in [3.63, 3.8) is 0 Å². The summed E-state index contributed by atoms with van der Waals surface area (Å²) in [5.41, 5.74) is 4.65. The van der Waals surface area contributed by atoms with Crippen LogP contribution in [0, 0.1) is 0 Å². The number of para-hydroxylation sites is 1. The number of aliphatic carboxylic acids is 1. The molecular weight excluding hydrogens is 520 g/mol. The smallest absolute Gasteiger partial charge is 0.411 e. The quantitative estimate of drug-likeness (QED) is 0.298. The van der Waals surface area contributed by atoms with Gasteiger partial charge in [0.25, 0.3) is 0 Å². The van der Waals surface area contributed by atoms with E-state index in [4.69, 9.17) is 9.84 Å². The first-order valence-electron chi connectivity index (χ1n) is 13.9. The van der Waals surface area contributed by atoms with Crippen LogP contribution in [-0.2, 0) is 27.4 Å². The number of ether oxygens (including phenoxy) is 1. The van der Waals surface area contributed by atoms with Gasteiger partial charge in [0.05, 0.1) is 12.2 Å². The van der Waals surface area contributed by atoms with Gasteiger partial charge in [-0.2, -0.15) is 0 Å². The molecule has 1 aliphatic rings. The number of nitrogens with one attached hydrogen (secondary N) is 2. The zero-order valence-electron chi connectivity index (χ0n) is 23.4. The minimum Gasteiger partial charge on any atom is -0.480 e. The van der Waals surface area contributed by atoms with Crippen molar-refractivity contribution in [1.29, 1.82) is 0 Å². The Morgan fingerprint density at radius 3 is 2.41 bits per heavy atom. The molecule has 1 fully saturated rings. The fraction of sp³-hybridized carbons (Fsp3) is 0.344. The molecule has 0 radical (unpaired) electrons. The summed E-state index contributed by atoms with van der Waals surface area (Å²) in [6.07, 6.45) is 1.22. The summed E-state index contributed by atoms with van der Waals surface area (Å²) in [7, 11) is 1.76. The first-order valence-corrected chi connectivity index (χ1v) is 13.9. The van der Waals surface area contributed by atoms with Gasteiger partial charge in [-0.25, -0.2) is 4.79 Å². The number of benzene rings is 3. The summed E-state index contributed by atoms with van der Waals surface area (Å²) in [5.74, 6) is -0.882. The van der Waals surface area contributed by atoms with E-state index in [9.17, 15) is 14.4 Å². The number of carbonyl (C=O) groups excluding carboxylic acids is 2. The fourth-order valence-electron chi connectivity index (χ4n) is 4.99. The molecule has 0 atom stereocenters. The minimum atomic E-state index is -0.862. The number of nitrogens with zero attached hydrogens (tertiary/aromatic N) is 2. The van der Waals surface area contributed by atoms with Crippen LogP contribution in [0.15, 0.2) is 78.9 Å². The molecule has 0 saturated carbocycles. The van der Waals surface area contributed by atoms with Crippen molar-refractivity contribution in [1.82, 2.24) is 15.1 Å². The molecule has 3 N–H and O–H groups in total. The third-order valence-corrected chi connectivity index (χ3v) is 7.05. The van der Waals surface area contributed by atoms with Crippen molar-refractivity contribution in [3.05, 3.63) is 90.0 Å². The Morgan fingerprint density at radius 2 is 1.66 bits per heavy atom. The Balaban J connectivity index is 1.15. The molecule has 0 unspecified atom stereocenters. The van der Waals surface area contributed by atoms with Crippen molar-refractivity contribution in [2.24, 2.45) is 0 Å². The van der Waals surface area contributed by atoms with Crippen LogP contribution in [0.25, 0.3) is 11.1 Å². The molecular formula is C32H38N4O5. The van der Waals surface area contributed by atoms with E-state index in [-0.39, 0.29) is 18.6 Å². The first-order chi connectivity index (χ1) is 19.9. The van der Waals surface area contributed by atoms with Gasteiger partial charge in [0.1, 0.15) is 6.10 Å². The fourth-order valence-corrected chi connectivity index (χ4v) is 4.99. The number of carboxylic acid groups (broad SMARTS) is 1. The second kappa shape index (κ2) is 15.0. The summed E-state index contributed by atoms with van der Waals surface area (Å²) in [5, 5.41) is 14.8. The van der Waals surface area contributed by atoms with E-state index in [2.05, 4.69) is 15.5 Å². The molecule has 3 aromatic carbocycles. The van der Waals surface area contributed by atoms with Gasteiger partial charge in [-0.15, -0.1) is 0 Å². The van der Waals surface area contributed by atoms with Crippen LogP contribution in [0.4, 0.5) is 10.5 Å². The van der Waals surface area contributed by atoms with Crippen LogP contribution in [0.3, 0.4) is 0 Å². The predicted octanol–water partition coefficient (Wildman–Crippen LogP) is 4.59. The Hall–Kier alpha value is -4.21. The molecule has 4 rings (SSSR count). The van der Waals surface area contributed by atoms with Gasteiger partial charge in [0.2, 0.25) is 5.91 Å². The maximum Gasteiger partial charge on any atom is 0.411 e. The van der Waals surface area contributed by atoms with E-state index < -0.39 is 12.1 Å². The molecule has 3 aromatic rings. The summed E-state index contributed by atoms with van der Waals surface area (Å²) in [6, 6.07) is 25.4. The van der Waals surface area contributed by atoms with Crippen LogP contribution in [0.2, 0.25) is 0 Å². The minimum absolute atomic E-state index is 0.0202. The molecule has 1 aliphatic heterocycles. The zero-order chi connectivity index (χ0) is 29.0. The van der Waals surface area contributed by atoms with Crippen LogP contribution in [-0.4, -0.2) is 72.2 Å². The molecule has 1 saturated heterocycles. The molecule has 0 aromatic heterocycles. The van der Waals surface area contributed by atoms with Gasteiger partial charge in [-0.3, -0.25) is 19.8 Å². The van der Waals surface area contributed by atoms with E-state index >= 15 is 0 Å². The number of piperidine rings is 1. The molecule has 0 spiro atoms. The van der Waals surface area contributed by atoms with Gasteiger partial charge in [0.15, 0.2) is 0 Å². The Morgan fingerprint density at radius 1 is 0.951 bits per heavy atom. The average molecular weight is 559 g/mol. The number of likely N-dealkylation sites (N-methyl/N-ethyl adjacent to an activating group) is 1. The van der Waals surface area contributed by atoms with Crippen molar-refractivity contribution in [3.8, 4) is 11.1 Å². The van der Waals surface area contributed by atoms with Gasteiger partial charge >= 0.3 is 12.1 Å². The number of amides is 2. The molecule has 2 amide bonds. The van der Waals surface area contributed by atoms with Gasteiger partial charge in [-0.05, 0) is 42.6 Å². The Kier molecular flexibility index (Phi) is 10.9. The first kappa shape index (κ1) is 29.8. The number of carbonyl (C=O) groups is 3. The molecule has 9 nitrogen and oxygen atoms in total. The van der Waals surface area contributed by atoms with Crippen LogP contribution < -0.4 is 10.6 Å². The highest BCUT2D eigenvalue weighted by molar-refractivity contribution is 5.91. The molecule has 41 heavy (non-hydrogen) atoms. The van der Waals surface area contributed by atoms with Crippen LogP contribution in [0.5, 0.6) is 0 Å². The molecule has 0 bridgehead atoms. The number of likely N-dealkylation sites (tertiary alicyclic amines) is 1. The van der Waals surface area contributed by atoms with Gasteiger partial charge in [0, 0.05) is 44.7 Å². The predicted molar refractivity (Wildman–Crippen MR) is 158 cm³/mol. The van der Waals surface area contributed by atoms with Crippen LogP contribution in [0.1, 0.15) is 30.4 Å². The molecule has 0 aliphatic carbocycles. The van der Waals surface area contributed by atoms with Gasteiger partial charge < -0.3 is 20.1 Å². The summed E-state index contributed by atoms with van der Waals surface area (Å²) in [4.78, 5) is 39.9. The largest absolute Gasteiger partial charge is 0.480 e. The lowest BCUT2D eigenvalue weighted by atomic mass is 10.0. The number of carboxylic acids is 1. The summed E-state index contributed by atoms with van der Waals surface area (Å²) in [6.45, 7) is 3.09. The highest BCUT2D eigenvalue weighted by Gasteiger charge is 2.23. The van der Waals surface area contributed by atoms with E-state index in [0.717, 1.165) is 48.2 Å².